The van der Waals surface area contributed by atoms with Gasteiger partial charge in [-0.3, -0.25) is 4.99 Å². The average Bonchev–Trinajstić information content (AvgIpc) is 1.41. The van der Waals surface area contributed by atoms with E-state index in [1.807, 2.05) is 7.05 Å². The number of hydrogen-bond acceptors (Lipinski definition) is 1. The third-order valence-corrected chi connectivity index (χ3v) is 0.258. The van der Waals surface area contributed by atoms with Crippen molar-refractivity contribution in [2.24, 2.45) is 4.99 Å². The van der Waals surface area contributed by atoms with Gasteiger partial charge in [0, 0.05) is 65.5 Å². The van der Waals surface area contributed by atoms with Crippen molar-refractivity contribution in [3.05, 3.63) is 0 Å². The Hall–Kier alpha value is 1.11. The molecule has 3 heteroatoms. The van der Waals surface area contributed by atoms with Gasteiger partial charge in [-0.15, -0.1) is 0 Å². The third-order valence-electron chi connectivity index (χ3n) is 0.258. The van der Waals surface area contributed by atoms with Gasteiger partial charge >= 0.3 is 0 Å². The van der Waals surface area contributed by atoms with Crippen molar-refractivity contribution in [1.29, 1.82) is 0 Å². The van der Waals surface area contributed by atoms with Crippen LogP contribution in [0.15, 0.2) is 4.99 Å². The van der Waals surface area contributed by atoms with Crippen LogP contribution >= 0.6 is 0 Å². The van der Waals surface area contributed by atoms with Crippen LogP contribution in [0.3, 0.4) is 0 Å². The molecule has 0 atom stereocenters. The summed E-state index contributed by atoms with van der Waals surface area (Å²) in [5, 5.41) is 2.73. The molecule has 31 valence electrons. The first-order valence-corrected chi connectivity index (χ1v) is 1.49. The first-order valence-electron chi connectivity index (χ1n) is 1.49. The van der Waals surface area contributed by atoms with Gasteiger partial charge in [-0.1, -0.05) is 0 Å². The standard InChI is InChI=1S/C3H8N2.K/c1-4-3-5-2;/h3H,1-2H3,(H,4,5);. The van der Waals surface area contributed by atoms with E-state index in [1.54, 1.807) is 13.4 Å². The van der Waals surface area contributed by atoms with Gasteiger partial charge in [-0.2, -0.15) is 0 Å². The second-order valence-corrected chi connectivity index (χ2v) is 0.676. The second-order valence-electron chi connectivity index (χ2n) is 0.676. The van der Waals surface area contributed by atoms with Crippen molar-refractivity contribution in [3.8, 4) is 0 Å². The van der Waals surface area contributed by atoms with Gasteiger partial charge in [0.2, 0.25) is 0 Å². The maximum atomic E-state index is 3.62. The van der Waals surface area contributed by atoms with Crippen molar-refractivity contribution in [1.82, 2.24) is 5.32 Å². The molecule has 0 aliphatic carbocycles. The van der Waals surface area contributed by atoms with Crippen LogP contribution in [0.5, 0.6) is 0 Å². The number of nitrogens with zero attached hydrogens (tertiary/aromatic N) is 1. The molecule has 0 aliphatic heterocycles. The van der Waals surface area contributed by atoms with Gasteiger partial charge in [0.15, 0.2) is 0 Å². The summed E-state index contributed by atoms with van der Waals surface area (Å²) in [4.78, 5) is 3.62. The Labute approximate surface area is 80.8 Å². The summed E-state index contributed by atoms with van der Waals surface area (Å²) in [5.74, 6) is 0. The van der Waals surface area contributed by atoms with Gasteiger partial charge in [0.25, 0.3) is 0 Å². The van der Waals surface area contributed by atoms with Gasteiger partial charge in [0.05, 0.1) is 6.34 Å². The fourth-order valence-corrected chi connectivity index (χ4v) is 0.129. The number of hydrogen-bond donors (Lipinski definition) is 1. The maximum absolute atomic E-state index is 3.62. The molecular formula is C3H8KN2. The van der Waals surface area contributed by atoms with Crippen LogP contribution in [0.2, 0.25) is 0 Å². The molecule has 0 aromatic heterocycles. The van der Waals surface area contributed by atoms with Crippen LogP contribution in [-0.2, 0) is 0 Å². The number of aliphatic imine (C=N–C) groups is 1. The molecule has 0 aromatic rings. The predicted octanol–water partition coefficient (Wildman–Crippen LogP) is -0.517. The number of rotatable bonds is 1. The molecule has 0 spiro atoms. The molecular weight excluding hydrogens is 103 g/mol. The van der Waals surface area contributed by atoms with Crippen LogP contribution in [-0.4, -0.2) is 71.8 Å². The van der Waals surface area contributed by atoms with E-state index in [9.17, 15) is 0 Å². The molecule has 0 bridgehead atoms. The Morgan fingerprint density at radius 1 is 1.67 bits per heavy atom. The molecule has 0 aliphatic rings. The molecule has 0 unspecified atom stereocenters. The minimum Gasteiger partial charge on any atom is -0.380 e. The second kappa shape index (κ2) is 9.44. The van der Waals surface area contributed by atoms with Gasteiger partial charge < -0.3 is 5.32 Å². The first-order chi connectivity index (χ1) is 2.41. The zero-order chi connectivity index (χ0) is 4.12. The Morgan fingerprint density at radius 3 is 2.17 bits per heavy atom. The third kappa shape index (κ3) is 8.92. The maximum Gasteiger partial charge on any atom is 0.0817 e. The van der Waals surface area contributed by atoms with E-state index in [2.05, 4.69) is 10.3 Å². The minimum absolute atomic E-state index is 0. The van der Waals surface area contributed by atoms with E-state index in [-0.39, 0.29) is 51.4 Å². The fourth-order valence-electron chi connectivity index (χ4n) is 0.129. The summed E-state index contributed by atoms with van der Waals surface area (Å²) >= 11 is 0. The predicted molar refractivity (Wildman–Crippen MR) is 29.2 cm³/mol. The molecule has 0 rings (SSSR count). The average molecular weight is 111 g/mol. The van der Waals surface area contributed by atoms with Crippen LogP contribution in [0.4, 0.5) is 0 Å². The summed E-state index contributed by atoms with van der Waals surface area (Å²) in [5.41, 5.74) is 0. The van der Waals surface area contributed by atoms with Gasteiger partial charge in [-0.25, -0.2) is 0 Å². The van der Waals surface area contributed by atoms with E-state index in [1.165, 1.54) is 0 Å². The van der Waals surface area contributed by atoms with Crippen molar-refractivity contribution in [2.45, 2.75) is 0 Å². The van der Waals surface area contributed by atoms with E-state index in [4.69, 9.17) is 0 Å². The van der Waals surface area contributed by atoms with Crippen molar-refractivity contribution in [3.63, 3.8) is 0 Å². The topological polar surface area (TPSA) is 24.4 Å². The smallest absolute Gasteiger partial charge is 0.0817 e. The van der Waals surface area contributed by atoms with E-state index in [0.29, 0.717) is 0 Å². The van der Waals surface area contributed by atoms with E-state index < -0.39 is 0 Å². The molecule has 1 radical (unpaired) electrons. The normalized spacial score (nSPS) is 7.67. The number of nitrogens with one attached hydrogen (secondary N) is 1. The van der Waals surface area contributed by atoms with Crippen LogP contribution < -0.4 is 5.32 Å². The largest absolute Gasteiger partial charge is 0.380 e. The molecule has 0 saturated heterocycles. The molecule has 6 heavy (non-hydrogen) atoms. The summed E-state index contributed by atoms with van der Waals surface area (Å²) < 4.78 is 0. The summed E-state index contributed by atoms with van der Waals surface area (Å²) in [7, 11) is 3.53. The quantitative estimate of drug-likeness (QED) is 0.275. The van der Waals surface area contributed by atoms with Crippen molar-refractivity contribution in [2.75, 3.05) is 14.1 Å². The zero-order valence-corrected chi connectivity index (χ0v) is 7.65. The summed E-state index contributed by atoms with van der Waals surface area (Å²) in [6.45, 7) is 0. The molecule has 0 saturated carbocycles. The minimum atomic E-state index is 0. The Balaban J connectivity index is 0. The molecule has 0 heterocycles. The van der Waals surface area contributed by atoms with Gasteiger partial charge in [0.1, 0.15) is 0 Å². The fraction of sp³-hybridized carbons (Fsp3) is 0.667. The Kier molecular flexibility index (Phi) is 16.0. The van der Waals surface area contributed by atoms with E-state index >= 15 is 0 Å². The zero-order valence-electron chi connectivity index (χ0n) is 4.52. The van der Waals surface area contributed by atoms with Gasteiger partial charge in [-0.05, 0) is 0 Å². The Morgan fingerprint density at radius 2 is 2.17 bits per heavy atom. The molecule has 0 fully saturated rings. The van der Waals surface area contributed by atoms with E-state index in [0.717, 1.165) is 0 Å². The van der Waals surface area contributed by atoms with Crippen molar-refractivity contribution >= 4 is 57.7 Å². The molecule has 0 amide bonds. The molecule has 1 N–H and O–H groups in total. The summed E-state index contributed by atoms with van der Waals surface area (Å²) in [6.07, 6.45) is 1.62. The van der Waals surface area contributed by atoms with Crippen LogP contribution in [0.25, 0.3) is 0 Å². The first kappa shape index (κ1) is 10.2. The van der Waals surface area contributed by atoms with Crippen molar-refractivity contribution < 1.29 is 0 Å². The monoisotopic (exact) mass is 111 g/mol. The van der Waals surface area contributed by atoms with Crippen LogP contribution in [0, 0.1) is 0 Å². The molecule has 0 aromatic carbocycles. The Bertz CT molecular complexity index is 35.8. The molecule has 2 nitrogen and oxygen atoms in total. The summed E-state index contributed by atoms with van der Waals surface area (Å²) in [6, 6.07) is 0. The van der Waals surface area contributed by atoms with Crippen LogP contribution in [0.1, 0.15) is 0 Å². The SMILES string of the molecule is CN=CNC.[K].